The van der Waals surface area contributed by atoms with Crippen molar-refractivity contribution < 1.29 is 19.4 Å². The first-order valence-electron chi connectivity index (χ1n) is 5.90. The Morgan fingerprint density at radius 3 is 2.75 bits per heavy atom. The van der Waals surface area contributed by atoms with Crippen molar-refractivity contribution in [2.45, 2.75) is 6.92 Å². The zero-order chi connectivity index (χ0) is 14.4. The van der Waals surface area contributed by atoms with Crippen LogP contribution in [-0.4, -0.2) is 33.1 Å². The smallest absolute Gasteiger partial charge is 0.374 e. The summed E-state index contributed by atoms with van der Waals surface area (Å²) in [5.74, 6) is -0.338. The van der Waals surface area contributed by atoms with E-state index in [0.29, 0.717) is 5.56 Å². The molecule has 0 atom stereocenters. The van der Waals surface area contributed by atoms with Crippen molar-refractivity contribution in [1.29, 1.82) is 0 Å². The van der Waals surface area contributed by atoms with Crippen LogP contribution in [-0.2, 0) is 9.53 Å². The van der Waals surface area contributed by atoms with Gasteiger partial charge in [0.25, 0.3) is 5.88 Å². The lowest BCUT2D eigenvalue weighted by atomic mass is 10.2. The van der Waals surface area contributed by atoms with Gasteiger partial charge in [-0.15, -0.1) is 5.10 Å². The number of phenols is 1. The first kappa shape index (κ1) is 13.6. The van der Waals surface area contributed by atoms with Gasteiger partial charge < -0.3 is 14.6 Å². The number of aromatic amines is 1. The number of ether oxygens (including phenoxy) is 2. The predicted octanol–water partition coefficient (Wildman–Crippen LogP) is 1.49. The van der Waals surface area contributed by atoms with E-state index in [9.17, 15) is 9.90 Å². The van der Waals surface area contributed by atoms with Crippen LogP contribution in [0.1, 0.15) is 12.5 Å². The summed E-state index contributed by atoms with van der Waals surface area (Å²) in [6, 6.07) is 6.29. The van der Waals surface area contributed by atoms with E-state index in [0.717, 1.165) is 0 Å². The standard InChI is InChI=1S/C13H13N3O4/c1-2-19-13(18)11(20-12-8-14-16-15-12)7-9-3-5-10(17)6-4-9/h3-8,17H,2H2,1H3,(H,14,15,16). The third-order valence-corrected chi connectivity index (χ3v) is 2.27. The number of benzene rings is 1. The molecule has 0 bridgehead atoms. The Morgan fingerprint density at radius 1 is 1.40 bits per heavy atom. The van der Waals surface area contributed by atoms with Gasteiger partial charge in [-0.1, -0.05) is 12.1 Å². The Balaban J connectivity index is 2.25. The van der Waals surface area contributed by atoms with Crippen LogP contribution >= 0.6 is 0 Å². The molecule has 0 saturated carbocycles. The molecular weight excluding hydrogens is 262 g/mol. The highest BCUT2D eigenvalue weighted by Gasteiger charge is 2.15. The fourth-order valence-corrected chi connectivity index (χ4v) is 1.41. The second-order valence-corrected chi connectivity index (χ2v) is 3.73. The quantitative estimate of drug-likeness (QED) is 0.487. The largest absolute Gasteiger partial charge is 0.508 e. The van der Waals surface area contributed by atoms with Crippen molar-refractivity contribution in [2.24, 2.45) is 0 Å². The lowest BCUT2D eigenvalue weighted by Gasteiger charge is -2.06. The zero-order valence-corrected chi connectivity index (χ0v) is 10.7. The first-order valence-corrected chi connectivity index (χ1v) is 5.90. The van der Waals surface area contributed by atoms with Gasteiger partial charge in [-0.05, 0) is 30.7 Å². The number of hydrogen-bond donors (Lipinski definition) is 2. The average Bonchev–Trinajstić information content (AvgIpc) is 2.94. The molecule has 1 heterocycles. The van der Waals surface area contributed by atoms with Gasteiger partial charge in [0.15, 0.2) is 0 Å². The maximum atomic E-state index is 11.8. The predicted molar refractivity (Wildman–Crippen MR) is 69.7 cm³/mol. The minimum atomic E-state index is -0.608. The molecule has 2 N–H and O–H groups in total. The molecule has 0 fully saturated rings. The van der Waals surface area contributed by atoms with Gasteiger partial charge in [-0.25, -0.2) is 4.79 Å². The molecule has 0 aliphatic carbocycles. The Morgan fingerprint density at radius 2 is 2.15 bits per heavy atom. The van der Waals surface area contributed by atoms with Crippen molar-refractivity contribution in [3.63, 3.8) is 0 Å². The number of nitrogens with one attached hydrogen (secondary N) is 1. The number of aromatic nitrogens is 3. The molecule has 104 valence electrons. The molecule has 0 aliphatic rings. The molecule has 1 aromatic heterocycles. The fraction of sp³-hybridized carbons (Fsp3) is 0.154. The molecule has 7 nitrogen and oxygen atoms in total. The fourth-order valence-electron chi connectivity index (χ4n) is 1.41. The molecule has 0 radical (unpaired) electrons. The van der Waals surface area contributed by atoms with Crippen LogP contribution in [0.5, 0.6) is 11.6 Å². The highest BCUT2D eigenvalue weighted by Crippen LogP contribution is 2.16. The second kappa shape index (κ2) is 6.37. The molecule has 7 heteroatoms. The molecule has 2 aromatic rings. The summed E-state index contributed by atoms with van der Waals surface area (Å²) in [6.45, 7) is 1.93. The molecular formula is C13H13N3O4. The van der Waals surface area contributed by atoms with Crippen LogP contribution in [0.2, 0.25) is 0 Å². The van der Waals surface area contributed by atoms with E-state index in [-0.39, 0.29) is 24.0 Å². The first-order chi connectivity index (χ1) is 9.69. The summed E-state index contributed by atoms with van der Waals surface area (Å²) in [7, 11) is 0. The van der Waals surface area contributed by atoms with E-state index in [1.807, 2.05) is 0 Å². The van der Waals surface area contributed by atoms with Crippen LogP contribution < -0.4 is 4.74 Å². The third-order valence-electron chi connectivity index (χ3n) is 2.27. The van der Waals surface area contributed by atoms with Crippen molar-refractivity contribution in [3.05, 3.63) is 41.8 Å². The van der Waals surface area contributed by atoms with Crippen LogP contribution in [0.15, 0.2) is 36.2 Å². The lowest BCUT2D eigenvalue weighted by molar-refractivity contribution is -0.140. The zero-order valence-electron chi connectivity index (χ0n) is 10.7. The molecule has 0 unspecified atom stereocenters. The Kier molecular flexibility index (Phi) is 4.33. The molecule has 2 rings (SSSR count). The normalized spacial score (nSPS) is 11.2. The topological polar surface area (TPSA) is 97.3 Å². The number of rotatable bonds is 5. The summed E-state index contributed by atoms with van der Waals surface area (Å²) in [5, 5.41) is 18.9. The minimum absolute atomic E-state index is 0.0218. The van der Waals surface area contributed by atoms with E-state index < -0.39 is 5.97 Å². The Hall–Kier alpha value is -2.83. The molecule has 0 amide bonds. The number of aromatic hydroxyl groups is 1. The van der Waals surface area contributed by atoms with Gasteiger partial charge >= 0.3 is 5.97 Å². The van der Waals surface area contributed by atoms with E-state index >= 15 is 0 Å². The van der Waals surface area contributed by atoms with Crippen molar-refractivity contribution in [2.75, 3.05) is 6.61 Å². The number of nitrogens with zero attached hydrogens (tertiary/aromatic N) is 2. The van der Waals surface area contributed by atoms with E-state index in [2.05, 4.69) is 15.4 Å². The van der Waals surface area contributed by atoms with Crippen LogP contribution in [0, 0.1) is 0 Å². The summed E-state index contributed by atoms with van der Waals surface area (Å²) >= 11 is 0. The molecule has 0 saturated heterocycles. The number of phenolic OH excluding ortho intramolecular Hbond substituents is 1. The van der Waals surface area contributed by atoms with E-state index in [1.54, 1.807) is 19.1 Å². The monoisotopic (exact) mass is 275 g/mol. The maximum Gasteiger partial charge on any atom is 0.374 e. The number of hydrogen-bond acceptors (Lipinski definition) is 6. The van der Waals surface area contributed by atoms with Crippen molar-refractivity contribution in [1.82, 2.24) is 15.4 Å². The summed E-state index contributed by atoms with van der Waals surface area (Å²) in [5.41, 5.74) is 0.675. The number of carbonyl (C=O) groups excluding carboxylic acids is 1. The molecule has 20 heavy (non-hydrogen) atoms. The molecule has 0 aliphatic heterocycles. The number of carbonyl (C=O) groups is 1. The summed E-state index contributed by atoms with van der Waals surface area (Å²) in [6.07, 6.45) is 2.83. The SMILES string of the molecule is CCOC(=O)C(=Cc1ccc(O)cc1)Oc1cn[nH]n1. The summed E-state index contributed by atoms with van der Waals surface area (Å²) < 4.78 is 10.2. The van der Waals surface area contributed by atoms with Gasteiger partial charge in [0.05, 0.1) is 6.61 Å². The van der Waals surface area contributed by atoms with Gasteiger partial charge in [-0.3, -0.25) is 0 Å². The van der Waals surface area contributed by atoms with Crippen LogP contribution in [0.4, 0.5) is 0 Å². The second-order valence-electron chi connectivity index (χ2n) is 3.73. The van der Waals surface area contributed by atoms with E-state index in [4.69, 9.17) is 9.47 Å². The third kappa shape index (κ3) is 3.58. The summed E-state index contributed by atoms with van der Waals surface area (Å²) in [4.78, 5) is 11.8. The maximum absolute atomic E-state index is 11.8. The van der Waals surface area contributed by atoms with E-state index in [1.165, 1.54) is 24.4 Å². The lowest BCUT2D eigenvalue weighted by Crippen LogP contribution is -2.12. The minimum Gasteiger partial charge on any atom is -0.508 e. The Bertz CT molecular complexity index is 591. The number of esters is 1. The highest BCUT2D eigenvalue weighted by molar-refractivity contribution is 5.91. The van der Waals surface area contributed by atoms with Gasteiger partial charge in [0, 0.05) is 0 Å². The van der Waals surface area contributed by atoms with Gasteiger partial charge in [0.1, 0.15) is 11.9 Å². The van der Waals surface area contributed by atoms with Crippen LogP contribution in [0.3, 0.4) is 0 Å². The molecule has 0 spiro atoms. The van der Waals surface area contributed by atoms with Crippen molar-refractivity contribution >= 4 is 12.0 Å². The Labute approximate surface area is 114 Å². The van der Waals surface area contributed by atoms with Crippen molar-refractivity contribution in [3.8, 4) is 11.6 Å². The molecule has 1 aromatic carbocycles. The number of H-pyrrole nitrogens is 1. The van der Waals surface area contributed by atoms with Gasteiger partial charge in [-0.2, -0.15) is 10.3 Å². The average molecular weight is 275 g/mol. The highest BCUT2D eigenvalue weighted by atomic mass is 16.6. The van der Waals surface area contributed by atoms with Gasteiger partial charge in [0.2, 0.25) is 5.76 Å². The van der Waals surface area contributed by atoms with Crippen LogP contribution in [0.25, 0.3) is 6.08 Å².